The van der Waals surface area contributed by atoms with Gasteiger partial charge in [-0.2, -0.15) is 0 Å². The van der Waals surface area contributed by atoms with Gasteiger partial charge >= 0.3 is 6.09 Å². The maximum absolute atomic E-state index is 12.1. The van der Waals surface area contributed by atoms with Gasteiger partial charge in [0, 0.05) is 32.5 Å². The Bertz CT molecular complexity index is 947. The van der Waals surface area contributed by atoms with Gasteiger partial charge in [-0.05, 0) is 61.3 Å². The summed E-state index contributed by atoms with van der Waals surface area (Å²) in [5, 5.41) is 9.48. The second-order valence-electron chi connectivity index (χ2n) is 8.72. The fraction of sp³-hybridized carbons (Fsp3) is 0.480. The van der Waals surface area contributed by atoms with E-state index in [2.05, 4.69) is 12.1 Å². The van der Waals surface area contributed by atoms with Gasteiger partial charge in [0.1, 0.15) is 0 Å². The lowest BCUT2D eigenvalue weighted by Crippen LogP contribution is -2.32. The van der Waals surface area contributed by atoms with Crippen LogP contribution in [0.15, 0.2) is 35.9 Å². The highest BCUT2D eigenvalue weighted by atomic mass is 16.4. The average Bonchev–Trinajstić information content (AvgIpc) is 3.18. The predicted octanol–water partition coefficient (Wildman–Crippen LogP) is 4.06. The summed E-state index contributed by atoms with van der Waals surface area (Å²) in [7, 11) is 0. The summed E-state index contributed by atoms with van der Waals surface area (Å²) in [6.45, 7) is 1.78. The summed E-state index contributed by atoms with van der Waals surface area (Å²) in [6, 6.07) is 4.52. The van der Waals surface area contributed by atoms with E-state index in [0.29, 0.717) is 32.4 Å². The molecule has 0 spiro atoms. The summed E-state index contributed by atoms with van der Waals surface area (Å²) >= 11 is 0. The highest BCUT2D eigenvalue weighted by Gasteiger charge is 2.31. The molecule has 1 aromatic carbocycles. The number of rotatable bonds is 9. The largest absolute Gasteiger partial charge is 0.465 e. The smallest absolute Gasteiger partial charge is 0.407 e. The first kappa shape index (κ1) is 21.3. The lowest BCUT2D eigenvalue weighted by molar-refractivity contribution is -0.118. The molecule has 0 atom stereocenters. The van der Waals surface area contributed by atoms with Crippen LogP contribution in [0.1, 0.15) is 55.2 Å². The minimum absolute atomic E-state index is 0.0828. The number of hydrogen-bond donors (Lipinski definition) is 1. The number of aryl methyl sites for hydroxylation is 2. The molecule has 0 unspecified atom stereocenters. The Hall–Kier alpha value is -2.89. The summed E-state index contributed by atoms with van der Waals surface area (Å²) in [6.07, 6.45) is 11.6. The number of amides is 2. The van der Waals surface area contributed by atoms with Crippen LogP contribution in [0.3, 0.4) is 0 Å². The van der Waals surface area contributed by atoms with Gasteiger partial charge in [-0.3, -0.25) is 9.59 Å². The Morgan fingerprint density at radius 3 is 2.58 bits per heavy atom. The summed E-state index contributed by atoms with van der Waals surface area (Å²) in [4.78, 5) is 38.5. The fourth-order valence-electron chi connectivity index (χ4n) is 4.87. The van der Waals surface area contributed by atoms with E-state index in [1.165, 1.54) is 27.3 Å². The van der Waals surface area contributed by atoms with E-state index in [4.69, 9.17) is 0 Å². The van der Waals surface area contributed by atoms with E-state index >= 15 is 0 Å². The van der Waals surface area contributed by atoms with Crippen molar-refractivity contribution in [3.8, 4) is 0 Å². The molecule has 0 radical (unpaired) electrons. The van der Waals surface area contributed by atoms with Crippen LogP contribution in [0.5, 0.6) is 0 Å². The molecular formula is C25H30N2O4. The number of carboxylic acid groups (broad SMARTS) is 1. The van der Waals surface area contributed by atoms with Crippen LogP contribution >= 0.6 is 0 Å². The monoisotopic (exact) mass is 422 g/mol. The molecule has 0 saturated heterocycles. The molecule has 0 fully saturated rings. The van der Waals surface area contributed by atoms with E-state index in [1.807, 2.05) is 11.0 Å². The number of ketones is 1. The molecule has 2 amide bonds. The van der Waals surface area contributed by atoms with Crippen LogP contribution in [0.25, 0.3) is 0 Å². The Kier molecular flexibility index (Phi) is 6.54. The maximum atomic E-state index is 12.1. The van der Waals surface area contributed by atoms with Gasteiger partial charge in [0.05, 0.1) is 5.69 Å². The quantitative estimate of drug-likeness (QED) is 0.609. The Morgan fingerprint density at radius 2 is 1.81 bits per heavy atom. The van der Waals surface area contributed by atoms with Gasteiger partial charge in [-0.15, -0.1) is 0 Å². The standard InChI is InChI=1S/C25H30N2O4/c28-22-7-4-6-18(17-22)10-13-26(25(30)31)12-3-1-2-5-19-15-20-8-9-23(29)27-14-11-21(16-19)24(20)27/h4,6-7,15-16H,1-3,5,8-14,17H2,(H,30,31). The lowest BCUT2D eigenvalue weighted by atomic mass is 9.94. The van der Waals surface area contributed by atoms with E-state index in [0.717, 1.165) is 50.6 Å². The number of nitrogens with zero attached hydrogens (tertiary/aromatic N) is 2. The normalized spacial score (nSPS) is 17.0. The molecule has 0 saturated carbocycles. The van der Waals surface area contributed by atoms with Crippen LogP contribution in [0.2, 0.25) is 0 Å². The minimum Gasteiger partial charge on any atom is -0.465 e. The molecule has 6 nitrogen and oxygen atoms in total. The molecule has 1 aromatic rings. The number of carbonyl (C=O) groups is 3. The number of unbranched alkanes of at least 4 members (excludes halogenated alkanes) is 2. The van der Waals surface area contributed by atoms with Crippen molar-refractivity contribution in [2.45, 2.75) is 57.8 Å². The number of anilines is 1. The van der Waals surface area contributed by atoms with Gasteiger partial charge in [0.25, 0.3) is 0 Å². The maximum Gasteiger partial charge on any atom is 0.407 e. The fourth-order valence-corrected chi connectivity index (χ4v) is 4.87. The van der Waals surface area contributed by atoms with Crippen LogP contribution in [0, 0.1) is 0 Å². The van der Waals surface area contributed by atoms with Crippen molar-refractivity contribution >= 4 is 23.5 Å². The summed E-state index contributed by atoms with van der Waals surface area (Å²) < 4.78 is 0. The third-order valence-electron chi connectivity index (χ3n) is 6.49. The molecule has 1 aliphatic carbocycles. The van der Waals surface area contributed by atoms with Crippen molar-refractivity contribution < 1.29 is 19.5 Å². The van der Waals surface area contributed by atoms with Gasteiger partial charge in [-0.25, -0.2) is 4.79 Å². The number of allylic oxidation sites excluding steroid dienone is 3. The Morgan fingerprint density at radius 1 is 1.00 bits per heavy atom. The molecule has 4 rings (SSSR count). The third-order valence-corrected chi connectivity index (χ3v) is 6.49. The second kappa shape index (κ2) is 9.50. The van der Waals surface area contributed by atoms with E-state index < -0.39 is 6.09 Å². The summed E-state index contributed by atoms with van der Waals surface area (Å²) in [5.74, 6) is 0.337. The van der Waals surface area contributed by atoms with Gasteiger partial charge in [-0.1, -0.05) is 36.3 Å². The van der Waals surface area contributed by atoms with Crippen molar-refractivity contribution in [2.75, 3.05) is 24.5 Å². The van der Waals surface area contributed by atoms with Crippen LogP contribution in [-0.2, 0) is 28.9 Å². The first-order valence-electron chi connectivity index (χ1n) is 11.3. The SMILES string of the molecule is O=C1C=CC=C(CCN(CCCCCc2cc3c4c(c2)CCN4C(=O)CC3)C(=O)O)C1. The predicted molar refractivity (Wildman–Crippen MR) is 119 cm³/mol. The lowest BCUT2D eigenvalue weighted by Gasteiger charge is -2.25. The van der Waals surface area contributed by atoms with Crippen molar-refractivity contribution in [2.24, 2.45) is 0 Å². The van der Waals surface area contributed by atoms with E-state index in [1.54, 1.807) is 12.2 Å². The zero-order chi connectivity index (χ0) is 21.8. The summed E-state index contributed by atoms with van der Waals surface area (Å²) in [5.41, 5.74) is 6.12. The molecular weight excluding hydrogens is 392 g/mol. The minimum atomic E-state index is -0.893. The molecule has 31 heavy (non-hydrogen) atoms. The highest BCUT2D eigenvalue weighted by Crippen LogP contribution is 2.37. The molecule has 1 N–H and O–H groups in total. The van der Waals surface area contributed by atoms with Crippen molar-refractivity contribution in [3.63, 3.8) is 0 Å². The first-order valence-corrected chi connectivity index (χ1v) is 11.3. The zero-order valence-electron chi connectivity index (χ0n) is 17.9. The average molecular weight is 423 g/mol. The zero-order valence-corrected chi connectivity index (χ0v) is 17.9. The Balaban J connectivity index is 1.22. The van der Waals surface area contributed by atoms with Crippen molar-refractivity contribution in [1.29, 1.82) is 0 Å². The molecule has 0 bridgehead atoms. The highest BCUT2D eigenvalue weighted by molar-refractivity contribution is 5.98. The molecule has 3 aliphatic rings. The Labute approximate surface area is 183 Å². The van der Waals surface area contributed by atoms with E-state index in [-0.39, 0.29) is 11.7 Å². The second-order valence-corrected chi connectivity index (χ2v) is 8.72. The number of hydrogen-bond acceptors (Lipinski definition) is 3. The van der Waals surface area contributed by atoms with E-state index in [9.17, 15) is 19.5 Å². The molecule has 0 aromatic heterocycles. The van der Waals surface area contributed by atoms with Crippen LogP contribution in [-0.4, -0.2) is 47.4 Å². The topological polar surface area (TPSA) is 77.9 Å². The number of benzene rings is 1. The third kappa shape index (κ3) is 5.06. The number of carbonyl (C=O) groups excluding carboxylic acids is 2. The van der Waals surface area contributed by atoms with Crippen molar-refractivity contribution in [1.82, 2.24) is 4.90 Å². The van der Waals surface area contributed by atoms with Crippen molar-refractivity contribution in [3.05, 3.63) is 52.6 Å². The van der Waals surface area contributed by atoms with Gasteiger partial charge in [0.2, 0.25) is 5.91 Å². The van der Waals surface area contributed by atoms with Gasteiger partial charge < -0.3 is 14.9 Å². The molecule has 2 aliphatic heterocycles. The molecule has 6 heteroatoms. The van der Waals surface area contributed by atoms with Crippen LogP contribution in [0.4, 0.5) is 10.5 Å². The first-order chi connectivity index (χ1) is 15.0. The van der Waals surface area contributed by atoms with Gasteiger partial charge in [0.15, 0.2) is 5.78 Å². The van der Waals surface area contributed by atoms with Crippen LogP contribution < -0.4 is 4.90 Å². The molecule has 2 heterocycles. The molecule has 164 valence electrons.